The number of para-hydroxylation sites is 1. The standard InChI is InChI=1S/C21H24N6OS2/c29-21(22-8-9-26-10-12-28-13-11-26)24-23-15-17-16-27(18-5-2-1-3-6-18)25-20(17)19-7-4-14-30-19/h1-7,14-16H,8-13H2,(H2,22,24,29)/b23-15+. The number of hydrazone groups is 1. The number of thiocarbonyl (C=S) groups is 1. The van der Waals surface area contributed by atoms with Crippen molar-refractivity contribution < 1.29 is 4.74 Å². The van der Waals surface area contributed by atoms with Crippen molar-refractivity contribution in [1.82, 2.24) is 25.4 Å². The third-order valence-corrected chi connectivity index (χ3v) is 5.82. The van der Waals surface area contributed by atoms with Gasteiger partial charge in [-0.3, -0.25) is 10.3 Å². The van der Waals surface area contributed by atoms with Gasteiger partial charge in [-0.05, 0) is 35.8 Å². The monoisotopic (exact) mass is 440 g/mol. The molecule has 0 unspecified atom stereocenters. The third kappa shape index (κ3) is 5.51. The molecule has 3 heterocycles. The molecule has 7 nitrogen and oxygen atoms in total. The molecule has 9 heteroatoms. The van der Waals surface area contributed by atoms with Gasteiger partial charge in [0.1, 0.15) is 5.69 Å². The number of aromatic nitrogens is 2. The highest BCUT2D eigenvalue weighted by Crippen LogP contribution is 2.26. The maximum absolute atomic E-state index is 5.36. The highest BCUT2D eigenvalue weighted by atomic mass is 32.1. The van der Waals surface area contributed by atoms with Gasteiger partial charge in [-0.25, -0.2) is 4.68 Å². The van der Waals surface area contributed by atoms with Crippen LogP contribution in [0.3, 0.4) is 0 Å². The van der Waals surface area contributed by atoms with Crippen LogP contribution in [0.1, 0.15) is 5.56 Å². The summed E-state index contributed by atoms with van der Waals surface area (Å²) in [5.74, 6) is 0. The molecule has 1 saturated heterocycles. The van der Waals surface area contributed by atoms with Crippen LogP contribution in [0.25, 0.3) is 16.3 Å². The molecule has 0 aliphatic carbocycles. The molecular weight excluding hydrogens is 416 g/mol. The van der Waals surface area contributed by atoms with E-state index in [1.807, 2.05) is 52.7 Å². The van der Waals surface area contributed by atoms with Crippen LogP contribution in [0.4, 0.5) is 0 Å². The lowest BCUT2D eigenvalue weighted by atomic mass is 10.2. The number of morpholine rings is 1. The maximum Gasteiger partial charge on any atom is 0.187 e. The number of hydrogen-bond donors (Lipinski definition) is 2. The van der Waals surface area contributed by atoms with Gasteiger partial charge in [-0.1, -0.05) is 24.3 Å². The number of hydrogen-bond acceptors (Lipinski definition) is 6. The summed E-state index contributed by atoms with van der Waals surface area (Å²) in [7, 11) is 0. The van der Waals surface area contributed by atoms with Crippen molar-refractivity contribution in [3.8, 4) is 16.3 Å². The smallest absolute Gasteiger partial charge is 0.187 e. The van der Waals surface area contributed by atoms with Gasteiger partial charge in [0, 0.05) is 37.9 Å². The van der Waals surface area contributed by atoms with Gasteiger partial charge in [0.25, 0.3) is 0 Å². The van der Waals surface area contributed by atoms with E-state index in [0.29, 0.717) is 5.11 Å². The van der Waals surface area contributed by atoms with Gasteiger partial charge in [0.05, 0.1) is 30.0 Å². The maximum atomic E-state index is 5.36. The van der Waals surface area contributed by atoms with E-state index in [9.17, 15) is 0 Å². The lowest BCUT2D eigenvalue weighted by Gasteiger charge is -2.26. The van der Waals surface area contributed by atoms with Crippen LogP contribution in [-0.4, -0.2) is 65.4 Å². The molecule has 2 N–H and O–H groups in total. The fourth-order valence-electron chi connectivity index (χ4n) is 3.15. The fourth-order valence-corrected chi connectivity index (χ4v) is 4.04. The lowest BCUT2D eigenvalue weighted by Crippen LogP contribution is -2.42. The molecule has 30 heavy (non-hydrogen) atoms. The fraction of sp³-hybridized carbons (Fsp3) is 0.286. The first-order valence-electron chi connectivity index (χ1n) is 9.85. The van der Waals surface area contributed by atoms with E-state index in [1.165, 1.54) is 0 Å². The van der Waals surface area contributed by atoms with Gasteiger partial charge in [0.15, 0.2) is 5.11 Å². The molecule has 1 aliphatic heterocycles. The summed E-state index contributed by atoms with van der Waals surface area (Å²) in [5, 5.41) is 14.8. The first-order chi connectivity index (χ1) is 14.8. The number of ether oxygens (including phenoxy) is 1. The molecule has 0 bridgehead atoms. The zero-order valence-electron chi connectivity index (χ0n) is 16.5. The van der Waals surface area contributed by atoms with E-state index in [0.717, 1.165) is 61.2 Å². The quantitative estimate of drug-likeness (QED) is 0.335. The molecule has 0 saturated carbocycles. The van der Waals surface area contributed by atoms with E-state index < -0.39 is 0 Å². The number of nitrogens with zero attached hydrogens (tertiary/aromatic N) is 4. The van der Waals surface area contributed by atoms with Gasteiger partial charge in [-0.2, -0.15) is 10.2 Å². The van der Waals surface area contributed by atoms with Crippen LogP contribution in [0.5, 0.6) is 0 Å². The van der Waals surface area contributed by atoms with Crippen molar-refractivity contribution in [2.75, 3.05) is 39.4 Å². The summed E-state index contributed by atoms with van der Waals surface area (Å²) < 4.78 is 7.23. The number of rotatable bonds is 7. The van der Waals surface area contributed by atoms with Crippen molar-refractivity contribution in [1.29, 1.82) is 0 Å². The molecule has 1 aromatic carbocycles. The number of benzene rings is 1. The Balaban J connectivity index is 1.37. The Labute approximate surface area is 185 Å². The normalized spacial score (nSPS) is 14.8. The predicted octanol–water partition coefficient (Wildman–Crippen LogP) is 2.73. The Morgan fingerprint density at radius 1 is 1.20 bits per heavy atom. The number of thiophene rings is 1. The minimum atomic E-state index is 0.507. The third-order valence-electron chi connectivity index (χ3n) is 4.70. The van der Waals surface area contributed by atoms with Crippen LogP contribution >= 0.6 is 23.6 Å². The molecule has 0 spiro atoms. The van der Waals surface area contributed by atoms with Gasteiger partial charge in [0.2, 0.25) is 0 Å². The second-order valence-electron chi connectivity index (χ2n) is 6.77. The molecule has 2 aromatic heterocycles. The lowest BCUT2D eigenvalue weighted by molar-refractivity contribution is 0.0389. The molecule has 1 aliphatic rings. The molecule has 4 rings (SSSR count). The minimum absolute atomic E-state index is 0.507. The summed E-state index contributed by atoms with van der Waals surface area (Å²) in [6.07, 6.45) is 3.74. The van der Waals surface area contributed by atoms with Crippen LogP contribution < -0.4 is 10.7 Å². The zero-order chi connectivity index (χ0) is 20.6. The molecule has 0 radical (unpaired) electrons. The van der Waals surface area contributed by atoms with Crippen LogP contribution in [0.15, 0.2) is 59.1 Å². The highest BCUT2D eigenvalue weighted by molar-refractivity contribution is 7.80. The van der Waals surface area contributed by atoms with Crippen LogP contribution in [-0.2, 0) is 4.74 Å². The molecular formula is C21H24N6OS2. The summed E-state index contributed by atoms with van der Waals surface area (Å²) >= 11 is 6.99. The first-order valence-corrected chi connectivity index (χ1v) is 11.1. The Bertz CT molecular complexity index is 965. The summed E-state index contributed by atoms with van der Waals surface area (Å²) in [5.41, 5.74) is 5.72. The predicted molar refractivity (Wildman–Crippen MR) is 125 cm³/mol. The van der Waals surface area contributed by atoms with Crippen molar-refractivity contribution in [2.45, 2.75) is 0 Å². The van der Waals surface area contributed by atoms with E-state index >= 15 is 0 Å². The van der Waals surface area contributed by atoms with Gasteiger partial charge < -0.3 is 10.1 Å². The highest BCUT2D eigenvalue weighted by Gasteiger charge is 2.12. The van der Waals surface area contributed by atoms with Gasteiger partial charge in [-0.15, -0.1) is 11.3 Å². The van der Waals surface area contributed by atoms with E-state index in [-0.39, 0.29) is 0 Å². The molecule has 156 valence electrons. The molecule has 3 aromatic rings. The number of nitrogens with one attached hydrogen (secondary N) is 2. The van der Waals surface area contributed by atoms with Crippen molar-refractivity contribution >= 4 is 34.9 Å². The zero-order valence-corrected chi connectivity index (χ0v) is 18.2. The van der Waals surface area contributed by atoms with E-state index in [2.05, 4.69) is 26.8 Å². The summed E-state index contributed by atoms with van der Waals surface area (Å²) in [4.78, 5) is 3.45. The van der Waals surface area contributed by atoms with Crippen molar-refractivity contribution in [3.05, 3.63) is 59.6 Å². The second-order valence-corrected chi connectivity index (χ2v) is 8.13. The first kappa shape index (κ1) is 20.7. The summed E-state index contributed by atoms with van der Waals surface area (Å²) in [6, 6.07) is 14.1. The Morgan fingerprint density at radius 2 is 2.03 bits per heavy atom. The average Bonchev–Trinajstić information content (AvgIpc) is 3.45. The SMILES string of the molecule is S=C(NCCN1CCOCC1)N/N=C/c1cn(-c2ccccc2)nc1-c1cccs1. The summed E-state index contributed by atoms with van der Waals surface area (Å²) in [6.45, 7) is 5.25. The van der Waals surface area contributed by atoms with Crippen molar-refractivity contribution in [2.24, 2.45) is 5.10 Å². The second kappa shape index (κ2) is 10.4. The average molecular weight is 441 g/mol. The largest absolute Gasteiger partial charge is 0.379 e. The molecule has 0 amide bonds. The van der Waals surface area contributed by atoms with Gasteiger partial charge >= 0.3 is 0 Å². The molecule has 0 atom stereocenters. The Kier molecular flexibility index (Phi) is 7.20. The van der Waals surface area contributed by atoms with E-state index in [4.69, 9.17) is 22.1 Å². The van der Waals surface area contributed by atoms with E-state index in [1.54, 1.807) is 17.6 Å². The Morgan fingerprint density at radius 3 is 2.80 bits per heavy atom. The molecule has 1 fully saturated rings. The minimum Gasteiger partial charge on any atom is -0.379 e. The van der Waals surface area contributed by atoms with Crippen LogP contribution in [0.2, 0.25) is 0 Å². The van der Waals surface area contributed by atoms with Crippen LogP contribution in [0, 0.1) is 0 Å². The topological polar surface area (TPSA) is 66.7 Å². The Hall–Kier alpha value is -2.59. The van der Waals surface area contributed by atoms with Crippen molar-refractivity contribution in [3.63, 3.8) is 0 Å².